The van der Waals surface area contributed by atoms with Gasteiger partial charge in [0.25, 0.3) is 0 Å². The third-order valence-electron chi connectivity index (χ3n) is 2.70. The predicted molar refractivity (Wildman–Crippen MR) is 76.8 cm³/mol. The topological polar surface area (TPSA) is 61.0 Å². The highest BCUT2D eigenvalue weighted by molar-refractivity contribution is 7.17. The third kappa shape index (κ3) is 2.28. The third-order valence-corrected chi connectivity index (χ3v) is 3.94. The maximum Gasteiger partial charge on any atom is 0.240 e. The lowest BCUT2D eigenvalue weighted by molar-refractivity contribution is 0.463. The summed E-state index contributed by atoms with van der Waals surface area (Å²) in [7, 11) is 0. The van der Waals surface area contributed by atoms with E-state index in [1.807, 2.05) is 23.6 Å². The van der Waals surface area contributed by atoms with Gasteiger partial charge in [0.2, 0.25) is 5.88 Å². The first-order valence-electron chi connectivity index (χ1n) is 5.63. The van der Waals surface area contributed by atoms with E-state index in [-0.39, 0.29) is 0 Å². The largest absolute Gasteiger partial charge is 0.437 e. The fourth-order valence-corrected chi connectivity index (χ4v) is 2.79. The van der Waals surface area contributed by atoms with Crippen LogP contribution in [0.5, 0.6) is 11.6 Å². The van der Waals surface area contributed by atoms with Crippen LogP contribution in [0, 0.1) is 0 Å². The molecule has 0 fully saturated rings. The zero-order chi connectivity index (χ0) is 13.2. The van der Waals surface area contributed by atoms with Crippen molar-refractivity contribution in [3.8, 4) is 11.6 Å². The van der Waals surface area contributed by atoms with Crippen LogP contribution in [-0.2, 0) is 6.54 Å². The number of hydrogen-bond donors (Lipinski definition) is 1. The summed E-state index contributed by atoms with van der Waals surface area (Å²) >= 11 is 7.64. The van der Waals surface area contributed by atoms with E-state index >= 15 is 0 Å². The van der Waals surface area contributed by atoms with Gasteiger partial charge >= 0.3 is 0 Å². The van der Waals surface area contributed by atoms with Gasteiger partial charge in [0.15, 0.2) is 0 Å². The molecule has 0 aliphatic rings. The van der Waals surface area contributed by atoms with Gasteiger partial charge in [-0.25, -0.2) is 9.97 Å². The summed E-state index contributed by atoms with van der Waals surface area (Å²) in [6.07, 6.45) is 1.48. The minimum atomic E-state index is 0.313. The summed E-state index contributed by atoms with van der Waals surface area (Å²) in [5.74, 6) is 1.15. The lowest BCUT2D eigenvalue weighted by Gasteiger charge is -2.10. The van der Waals surface area contributed by atoms with Gasteiger partial charge in [0.05, 0.1) is 5.52 Å². The molecule has 1 aromatic carbocycles. The van der Waals surface area contributed by atoms with Crippen LogP contribution >= 0.6 is 22.9 Å². The van der Waals surface area contributed by atoms with Crippen LogP contribution in [0.1, 0.15) is 5.56 Å². The molecule has 0 atom stereocenters. The number of rotatable bonds is 3. The Bertz CT molecular complexity index is 729. The van der Waals surface area contributed by atoms with Crippen molar-refractivity contribution >= 4 is 33.2 Å². The molecule has 0 unspecified atom stereocenters. The lowest BCUT2D eigenvalue weighted by atomic mass is 10.2. The molecule has 0 spiro atoms. The highest BCUT2D eigenvalue weighted by Crippen LogP contribution is 2.33. The second kappa shape index (κ2) is 5.13. The second-order valence-electron chi connectivity index (χ2n) is 3.84. The molecule has 0 bridgehead atoms. The number of hydrogen-bond acceptors (Lipinski definition) is 5. The van der Waals surface area contributed by atoms with E-state index in [9.17, 15) is 0 Å². The molecule has 4 nitrogen and oxygen atoms in total. The Kier molecular flexibility index (Phi) is 3.33. The number of halogens is 1. The molecule has 19 heavy (non-hydrogen) atoms. The molecule has 0 amide bonds. The minimum Gasteiger partial charge on any atom is -0.437 e. The van der Waals surface area contributed by atoms with Crippen LogP contribution in [0.25, 0.3) is 10.2 Å². The number of fused-ring (bicyclic) bond motifs is 1. The molecule has 0 aliphatic heterocycles. The van der Waals surface area contributed by atoms with Gasteiger partial charge in [0.1, 0.15) is 16.8 Å². The maximum atomic E-state index is 6.10. The van der Waals surface area contributed by atoms with Gasteiger partial charge < -0.3 is 10.5 Å². The molecule has 2 aromatic heterocycles. The lowest BCUT2D eigenvalue weighted by Crippen LogP contribution is -2.01. The Hall–Kier alpha value is -1.69. The van der Waals surface area contributed by atoms with E-state index in [2.05, 4.69) is 9.97 Å². The first kappa shape index (κ1) is 12.3. The van der Waals surface area contributed by atoms with Crippen molar-refractivity contribution < 1.29 is 4.74 Å². The summed E-state index contributed by atoms with van der Waals surface area (Å²) in [5.41, 5.74) is 7.34. The Balaban J connectivity index is 2.06. The van der Waals surface area contributed by atoms with Gasteiger partial charge in [-0.1, -0.05) is 17.7 Å². The summed E-state index contributed by atoms with van der Waals surface area (Å²) in [4.78, 5) is 8.34. The molecule has 3 aromatic rings. The Morgan fingerprint density at radius 1 is 1.26 bits per heavy atom. The van der Waals surface area contributed by atoms with Crippen LogP contribution < -0.4 is 10.5 Å². The van der Waals surface area contributed by atoms with Gasteiger partial charge in [-0.2, -0.15) is 0 Å². The highest BCUT2D eigenvalue weighted by Gasteiger charge is 2.11. The second-order valence-corrected chi connectivity index (χ2v) is 5.16. The van der Waals surface area contributed by atoms with E-state index in [4.69, 9.17) is 22.1 Å². The standard InChI is InChI=1S/C13H10ClN3OS/c14-9-2-1-3-11(8(9)6-15)18-13-12-10(4-5-19-12)16-7-17-13/h1-5,7H,6,15H2. The van der Waals surface area contributed by atoms with E-state index < -0.39 is 0 Å². The molecule has 6 heteroatoms. The molecule has 0 saturated heterocycles. The van der Waals surface area contributed by atoms with Gasteiger partial charge in [-0.3, -0.25) is 0 Å². The molecule has 2 heterocycles. The van der Waals surface area contributed by atoms with Crippen molar-refractivity contribution in [2.45, 2.75) is 6.54 Å². The normalized spacial score (nSPS) is 10.8. The molecule has 2 N–H and O–H groups in total. The number of benzene rings is 1. The zero-order valence-electron chi connectivity index (χ0n) is 9.84. The molecule has 0 saturated carbocycles. The van der Waals surface area contributed by atoms with Gasteiger partial charge in [-0.05, 0) is 23.6 Å². The van der Waals surface area contributed by atoms with Crippen LogP contribution in [0.15, 0.2) is 36.0 Å². The number of ether oxygens (including phenoxy) is 1. The van der Waals surface area contributed by atoms with Gasteiger partial charge in [0, 0.05) is 17.1 Å². The Morgan fingerprint density at radius 2 is 2.16 bits per heavy atom. The van der Waals surface area contributed by atoms with Crippen molar-refractivity contribution in [1.82, 2.24) is 9.97 Å². The van der Waals surface area contributed by atoms with E-state index in [0.29, 0.717) is 23.2 Å². The first-order valence-corrected chi connectivity index (χ1v) is 6.89. The smallest absolute Gasteiger partial charge is 0.240 e. The molecule has 0 aliphatic carbocycles. The molecule has 3 rings (SSSR count). The van der Waals surface area contributed by atoms with Crippen molar-refractivity contribution in [2.24, 2.45) is 5.73 Å². The van der Waals surface area contributed by atoms with Crippen molar-refractivity contribution in [3.63, 3.8) is 0 Å². The van der Waals surface area contributed by atoms with Crippen molar-refractivity contribution in [2.75, 3.05) is 0 Å². The molecular formula is C13H10ClN3OS. The molecule has 96 valence electrons. The van der Waals surface area contributed by atoms with Crippen molar-refractivity contribution in [1.29, 1.82) is 0 Å². The van der Waals surface area contributed by atoms with Crippen LogP contribution in [-0.4, -0.2) is 9.97 Å². The Morgan fingerprint density at radius 3 is 3.00 bits per heavy atom. The number of nitrogens with two attached hydrogens (primary N) is 1. The zero-order valence-corrected chi connectivity index (χ0v) is 11.4. The van der Waals surface area contributed by atoms with E-state index in [0.717, 1.165) is 15.8 Å². The quantitative estimate of drug-likeness (QED) is 0.801. The molecular weight excluding hydrogens is 282 g/mol. The monoisotopic (exact) mass is 291 g/mol. The van der Waals surface area contributed by atoms with E-state index in [1.165, 1.54) is 17.7 Å². The minimum absolute atomic E-state index is 0.313. The SMILES string of the molecule is NCc1c(Cl)cccc1Oc1ncnc2ccsc12. The van der Waals surface area contributed by atoms with E-state index in [1.54, 1.807) is 6.07 Å². The predicted octanol–water partition coefficient (Wildman–Crippen LogP) is 3.60. The average molecular weight is 292 g/mol. The molecule has 0 radical (unpaired) electrons. The summed E-state index contributed by atoms with van der Waals surface area (Å²) in [6.45, 7) is 0.313. The first-order chi connectivity index (χ1) is 9.29. The fraction of sp³-hybridized carbons (Fsp3) is 0.0769. The Labute approximate surface area is 118 Å². The summed E-state index contributed by atoms with van der Waals surface area (Å²) in [6, 6.07) is 7.37. The number of aromatic nitrogens is 2. The summed E-state index contributed by atoms with van der Waals surface area (Å²) in [5, 5.41) is 2.55. The van der Waals surface area contributed by atoms with Crippen LogP contribution in [0.2, 0.25) is 5.02 Å². The van der Waals surface area contributed by atoms with Gasteiger partial charge in [-0.15, -0.1) is 11.3 Å². The fourth-order valence-electron chi connectivity index (χ4n) is 1.78. The van der Waals surface area contributed by atoms with Crippen LogP contribution in [0.3, 0.4) is 0 Å². The number of thiophene rings is 1. The number of nitrogens with zero attached hydrogens (tertiary/aromatic N) is 2. The van der Waals surface area contributed by atoms with Crippen molar-refractivity contribution in [3.05, 3.63) is 46.6 Å². The average Bonchev–Trinajstić information content (AvgIpc) is 2.88. The van der Waals surface area contributed by atoms with Crippen LogP contribution in [0.4, 0.5) is 0 Å². The highest BCUT2D eigenvalue weighted by atomic mass is 35.5. The summed E-state index contributed by atoms with van der Waals surface area (Å²) < 4.78 is 6.76. The maximum absolute atomic E-state index is 6.10.